The molecule has 2 atom stereocenters. The number of hydrogen-bond acceptors (Lipinski definition) is 2. The van der Waals surface area contributed by atoms with Gasteiger partial charge in [-0.15, -0.1) is 0 Å². The van der Waals surface area contributed by atoms with Crippen LogP contribution in [-0.4, -0.2) is 12.1 Å². The third-order valence-corrected chi connectivity index (χ3v) is 3.68. The van der Waals surface area contributed by atoms with Gasteiger partial charge >= 0.3 is 5.97 Å². The Hall–Kier alpha value is -1.31. The van der Waals surface area contributed by atoms with Gasteiger partial charge in [-0.1, -0.05) is 50.1 Å². The van der Waals surface area contributed by atoms with Crippen molar-refractivity contribution in [3.8, 4) is 0 Å². The van der Waals surface area contributed by atoms with Crippen molar-refractivity contribution >= 4 is 5.97 Å². The molecule has 1 aliphatic heterocycles. The van der Waals surface area contributed by atoms with Crippen LogP contribution in [0.4, 0.5) is 0 Å². The van der Waals surface area contributed by atoms with Crippen LogP contribution in [0, 0.1) is 0 Å². The summed E-state index contributed by atoms with van der Waals surface area (Å²) < 4.78 is 5.56. The molecule has 0 N–H and O–H groups in total. The molecule has 1 fully saturated rings. The monoisotopic (exact) mass is 246 g/mol. The van der Waals surface area contributed by atoms with Gasteiger partial charge in [0, 0.05) is 0 Å². The molecule has 0 aliphatic carbocycles. The maximum absolute atomic E-state index is 12.0. The summed E-state index contributed by atoms with van der Waals surface area (Å²) >= 11 is 0. The van der Waals surface area contributed by atoms with Crippen molar-refractivity contribution in [2.75, 3.05) is 0 Å². The summed E-state index contributed by atoms with van der Waals surface area (Å²) in [6.07, 6.45) is 6.74. The van der Waals surface area contributed by atoms with E-state index in [0.29, 0.717) is 0 Å². The smallest absolute Gasteiger partial charge is 0.313 e. The molecule has 1 aromatic carbocycles. The molecule has 0 amide bonds. The van der Waals surface area contributed by atoms with E-state index in [9.17, 15) is 4.79 Å². The molecule has 0 bridgehead atoms. The molecule has 0 saturated carbocycles. The lowest BCUT2D eigenvalue weighted by Gasteiger charge is -2.28. The molecule has 2 heteroatoms. The fourth-order valence-electron chi connectivity index (χ4n) is 2.59. The van der Waals surface area contributed by atoms with Crippen LogP contribution in [-0.2, 0) is 9.53 Å². The first-order chi connectivity index (χ1) is 8.81. The number of esters is 1. The molecule has 1 aliphatic rings. The first-order valence-corrected chi connectivity index (χ1v) is 7.06. The van der Waals surface area contributed by atoms with Crippen molar-refractivity contribution in [3.05, 3.63) is 35.9 Å². The van der Waals surface area contributed by atoms with E-state index >= 15 is 0 Å². The average Bonchev–Trinajstić information content (AvgIpc) is 2.40. The highest BCUT2D eigenvalue weighted by Crippen LogP contribution is 2.30. The molecule has 2 unspecified atom stereocenters. The molecule has 1 saturated heterocycles. The summed E-state index contributed by atoms with van der Waals surface area (Å²) in [4.78, 5) is 12.0. The van der Waals surface area contributed by atoms with Gasteiger partial charge < -0.3 is 4.74 Å². The molecule has 0 spiro atoms. The lowest BCUT2D eigenvalue weighted by atomic mass is 9.89. The van der Waals surface area contributed by atoms with Gasteiger partial charge in [0.1, 0.15) is 6.10 Å². The van der Waals surface area contributed by atoms with Gasteiger partial charge in [0.2, 0.25) is 0 Å². The Morgan fingerprint density at radius 3 is 2.61 bits per heavy atom. The van der Waals surface area contributed by atoms with Crippen molar-refractivity contribution in [1.29, 1.82) is 0 Å². The number of unbranched alkanes of at least 4 members (excludes halogenated alkanes) is 2. The SMILES string of the molecule is CCCCCC1CCC(c2ccccc2)C(=O)O1. The Labute approximate surface area is 109 Å². The van der Waals surface area contributed by atoms with E-state index in [-0.39, 0.29) is 18.0 Å². The minimum absolute atomic E-state index is 0.0334. The molecule has 0 radical (unpaired) electrons. The molecular formula is C16H22O2. The van der Waals surface area contributed by atoms with E-state index in [0.717, 1.165) is 24.8 Å². The quantitative estimate of drug-likeness (QED) is 0.578. The van der Waals surface area contributed by atoms with Crippen LogP contribution >= 0.6 is 0 Å². The minimum atomic E-state index is -0.0476. The third kappa shape index (κ3) is 3.34. The van der Waals surface area contributed by atoms with Crippen LogP contribution < -0.4 is 0 Å². The van der Waals surface area contributed by atoms with Crippen molar-refractivity contribution in [1.82, 2.24) is 0 Å². The molecule has 2 nitrogen and oxygen atoms in total. The van der Waals surface area contributed by atoms with Crippen LogP contribution in [0.3, 0.4) is 0 Å². The van der Waals surface area contributed by atoms with Gasteiger partial charge in [-0.3, -0.25) is 4.79 Å². The van der Waals surface area contributed by atoms with Gasteiger partial charge in [-0.05, 0) is 31.2 Å². The number of benzene rings is 1. The second kappa shape index (κ2) is 6.58. The molecule has 1 heterocycles. The van der Waals surface area contributed by atoms with Gasteiger partial charge in [0.15, 0.2) is 0 Å². The van der Waals surface area contributed by atoms with Crippen LogP contribution in [0.1, 0.15) is 56.9 Å². The number of hydrogen-bond donors (Lipinski definition) is 0. The Morgan fingerprint density at radius 2 is 1.94 bits per heavy atom. The fraction of sp³-hybridized carbons (Fsp3) is 0.562. The highest BCUT2D eigenvalue weighted by Gasteiger charge is 2.30. The van der Waals surface area contributed by atoms with Gasteiger partial charge in [-0.2, -0.15) is 0 Å². The van der Waals surface area contributed by atoms with Crippen LogP contribution in [0.25, 0.3) is 0 Å². The zero-order valence-corrected chi connectivity index (χ0v) is 11.1. The summed E-state index contributed by atoms with van der Waals surface area (Å²) in [5.41, 5.74) is 1.09. The minimum Gasteiger partial charge on any atom is -0.462 e. The van der Waals surface area contributed by atoms with Crippen LogP contribution in [0.5, 0.6) is 0 Å². The summed E-state index contributed by atoms with van der Waals surface area (Å²) in [7, 11) is 0. The molecule has 1 aromatic rings. The first kappa shape index (κ1) is 13.1. The topological polar surface area (TPSA) is 26.3 Å². The molecule has 2 rings (SSSR count). The van der Waals surface area contributed by atoms with Gasteiger partial charge in [0.05, 0.1) is 5.92 Å². The highest BCUT2D eigenvalue weighted by atomic mass is 16.5. The second-order valence-electron chi connectivity index (χ2n) is 5.10. The Morgan fingerprint density at radius 1 is 1.17 bits per heavy atom. The van der Waals surface area contributed by atoms with Crippen molar-refractivity contribution in [2.24, 2.45) is 0 Å². The molecule has 0 aromatic heterocycles. The Kier molecular flexibility index (Phi) is 4.80. The molecular weight excluding hydrogens is 224 g/mol. The van der Waals surface area contributed by atoms with E-state index in [1.54, 1.807) is 0 Å². The third-order valence-electron chi connectivity index (χ3n) is 3.68. The predicted octanol–water partition coefficient (Wildman–Crippen LogP) is 4.06. The number of cyclic esters (lactones) is 1. The highest BCUT2D eigenvalue weighted by molar-refractivity contribution is 5.78. The first-order valence-electron chi connectivity index (χ1n) is 7.06. The van der Waals surface area contributed by atoms with E-state index in [1.807, 2.05) is 30.3 Å². The number of carbonyl (C=O) groups excluding carboxylic acids is 1. The number of rotatable bonds is 5. The summed E-state index contributed by atoms with van der Waals surface area (Å²) in [5.74, 6) is -0.0810. The Bertz CT molecular complexity index is 372. The standard InChI is InChI=1S/C16H22O2/c1-2-3-5-10-14-11-12-15(16(17)18-14)13-8-6-4-7-9-13/h4,6-9,14-15H,2-3,5,10-12H2,1H3. The summed E-state index contributed by atoms with van der Waals surface area (Å²) in [6, 6.07) is 9.98. The van der Waals surface area contributed by atoms with E-state index in [4.69, 9.17) is 4.74 Å². The van der Waals surface area contributed by atoms with E-state index < -0.39 is 0 Å². The lowest BCUT2D eigenvalue weighted by Crippen LogP contribution is -2.29. The zero-order chi connectivity index (χ0) is 12.8. The average molecular weight is 246 g/mol. The van der Waals surface area contributed by atoms with E-state index in [1.165, 1.54) is 19.3 Å². The van der Waals surface area contributed by atoms with Crippen molar-refractivity contribution in [2.45, 2.75) is 57.5 Å². The van der Waals surface area contributed by atoms with E-state index in [2.05, 4.69) is 6.92 Å². The lowest BCUT2D eigenvalue weighted by molar-refractivity contribution is -0.156. The fourth-order valence-corrected chi connectivity index (χ4v) is 2.59. The normalized spacial score (nSPS) is 23.7. The molecule has 98 valence electrons. The maximum atomic E-state index is 12.0. The van der Waals surface area contributed by atoms with Crippen molar-refractivity contribution in [3.63, 3.8) is 0 Å². The second-order valence-corrected chi connectivity index (χ2v) is 5.10. The van der Waals surface area contributed by atoms with Crippen molar-refractivity contribution < 1.29 is 9.53 Å². The predicted molar refractivity (Wildman–Crippen MR) is 72.4 cm³/mol. The van der Waals surface area contributed by atoms with Gasteiger partial charge in [-0.25, -0.2) is 0 Å². The van der Waals surface area contributed by atoms with Crippen LogP contribution in [0.15, 0.2) is 30.3 Å². The van der Waals surface area contributed by atoms with Crippen LogP contribution in [0.2, 0.25) is 0 Å². The largest absolute Gasteiger partial charge is 0.462 e. The zero-order valence-electron chi connectivity index (χ0n) is 11.1. The number of carbonyl (C=O) groups is 1. The summed E-state index contributed by atoms with van der Waals surface area (Å²) in [6.45, 7) is 2.19. The maximum Gasteiger partial charge on any atom is 0.313 e. The Balaban J connectivity index is 1.87. The molecule has 18 heavy (non-hydrogen) atoms. The van der Waals surface area contributed by atoms with Gasteiger partial charge in [0.25, 0.3) is 0 Å². The summed E-state index contributed by atoms with van der Waals surface area (Å²) in [5, 5.41) is 0. The number of ether oxygens (including phenoxy) is 1.